The van der Waals surface area contributed by atoms with Gasteiger partial charge < -0.3 is 9.47 Å². The summed E-state index contributed by atoms with van der Waals surface area (Å²) in [6, 6.07) is 21.7. The molecule has 0 unspecified atom stereocenters. The number of nitrogens with zero attached hydrogens (tertiary/aromatic N) is 1. The van der Waals surface area contributed by atoms with Crippen LogP contribution in [-0.2, 0) is 28.9 Å². The quantitative estimate of drug-likeness (QED) is 0.0914. The van der Waals surface area contributed by atoms with Crippen molar-refractivity contribution in [2.24, 2.45) is 11.8 Å². The fraction of sp³-hybridized carbons (Fsp3) is 0.353. The molecular formula is C34H31Cl2NO6. The van der Waals surface area contributed by atoms with Crippen LogP contribution in [0.1, 0.15) is 65.2 Å². The molecule has 1 heterocycles. The third kappa shape index (κ3) is 4.47. The summed E-state index contributed by atoms with van der Waals surface area (Å²) in [5, 5.41) is 0. The Kier molecular flexibility index (Phi) is 7.59. The second-order valence-electron chi connectivity index (χ2n) is 11.3. The number of likely N-dealkylation sites (tertiary alicyclic amines) is 1. The van der Waals surface area contributed by atoms with Crippen LogP contribution in [0.15, 0.2) is 72.8 Å². The van der Waals surface area contributed by atoms with Gasteiger partial charge in [-0.2, -0.15) is 0 Å². The van der Waals surface area contributed by atoms with Crippen LogP contribution in [0.3, 0.4) is 0 Å². The third-order valence-corrected chi connectivity index (χ3v) is 10.3. The Morgan fingerprint density at radius 2 is 1.28 bits per heavy atom. The van der Waals surface area contributed by atoms with Crippen LogP contribution in [-0.4, -0.2) is 48.2 Å². The van der Waals surface area contributed by atoms with Gasteiger partial charge in [-0.25, -0.2) is 0 Å². The van der Waals surface area contributed by atoms with Crippen LogP contribution in [0.4, 0.5) is 0 Å². The molecule has 1 fully saturated rings. The van der Waals surface area contributed by atoms with Gasteiger partial charge in [-0.05, 0) is 66.3 Å². The van der Waals surface area contributed by atoms with Crippen molar-refractivity contribution in [3.63, 3.8) is 0 Å². The number of hydrogen-bond donors (Lipinski definition) is 0. The number of rotatable bonds is 10. The molecular weight excluding hydrogens is 589 g/mol. The van der Waals surface area contributed by atoms with E-state index in [2.05, 4.69) is 0 Å². The molecule has 7 rings (SSSR count). The van der Waals surface area contributed by atoms with E-state index in [-0.39, 0.29) is 30.6 Å². The number of hydrogen-bond acceptors (Lipinski definition) is 6. The lowest BCUT2D eigenvalue weighted by molar-refractivity contribution is -0.146. The van der Waals surface area contributed by atoms with Gasteiger partial charge in [-0.1, -0.05) is 55.0 Å². The first-order valence-corrected chi connectivity index (χ1v) is 15.2. The molecule has 3 aromatic carbocycles. The van der Waals surface area contributed by atoms with E-state index in [1.807, 2.05) is 48.5 Å². The Balaban J connectivity index is 1.07. The number of esters is 1. The predicted molar refractivity (Wildman–Crippen MR) is 161 cm³/mol. The first-order chi connectivity index (χ1) is 20.6. The zero-order valence-electron chi connectivity index (χ0n) is 23.8. The first-order valence-electron chi connectivity index (χ1n) is 14.4. The Hall–Kier alpha value is -3.68. The number of alkyl halides is 2. The number of imide groups is 1. The smallest absolute Gasteiger partial charge is 0.306 e. The third-order valence-electron chi connectivity index (χ3n) is 8.99. The molecule has 1 saturated heterocycles. The molecule has 7 nitrogen and oxygen atoms in total. The highest BCUT2D eigenvalue weighted by molar-refractivity contribution is 6.36. The summed E-state index contributed by atoms with van der Waals surface area (Å²) in [5.74, 6) is -2.41. The standard InChI is InChI=1S/C34H31Cl2NO6/c1-20(30(39)21-15-17-22(42-2)18-16-21)43-27(38)14-4-3-9-19-37-31(40)28-29(32(37)41)34(36)24-11-6-5-10-23(24)33(28,35)25-12-7-8-13-26(25)34/h5-8,10-13,15-18,20,28-29H,3-4,9,14,19H2,1-2H3/t20-,28-,29+,33?,34?/m0/s1. The maximum atomic E-state index is 13.9. The molecule has 3 aliphatic carbocycles. The van der Waals surface area contributed by atoms with Crippen molar-refractivity contribution in [3.05, 3.63) is 101 Å². The monoisotopic (exact) mass is 619 g/mol. The highest BCUT2D eigenvalue weighted by atomic mass is 35.5. The zero-order chi connectivity index (χ0) is 30.5. The van der Waals surface area contributed by atoms with E-state index >= 15 is 0 Å². The number of Topliss-reactive ketones (excluding diaryl/α,β-unsaturated/α-hetero) is 1. The molecule has 0 N–H and O–H groups in total. The lowest BCUT2D eigenvalue weighted by Crippen LogP contribution is -2.57. The molecule has 43 heavy (non-hydrogen) atoms. The Morgan fingerprint density at radius 3 is 1.74 bits per heavy atom. The van der Waals surface area contributed by atoms with E-state index in [1.165, 1.54) is 4.90 Å². The SMILES string of the molecule is COc1ccc(C(=O)[C@H](C)OC(=O)CCCCCN2C(=O)[C@@H]3[C@H](C2=O)C2(Cl)c4ccccc4C3(Cl)c3ccccc32)cc1. The molecule has 1 aliphatic heterocycles. The van der Waals surface area contributed by atoms with Crippen molar-refractivity contribution in [1.29, 1.82) is 0 Å². The number of halogens is 2. The molecule has 0 spiro atoms. The highest BCUT2D eigenvalue weighted by Crippen LogP contribution is 2.69. The van der Waals surface area contributed by atoms with Gasteiger partial charge in [0.1, 0.15) is 15.5 Å². The number of amides is 2. The average Bonchev–Trinajstić information content (AvgIpc) is 3.29. The summed E-state index contributed by atoms with van der Waals surface area (Å²) in [7, 11) is 1.54. The van der Waals surface area contributed by atoms with Gasteiger partial charge in [-0.3, -0.25) is 24.1 Å². The van der Waals surface area contributed by atoms with Gasteiger partial charge >= 0.3 is 5.97 Å². The van der Waals surface area contributed by atoms with Crippen LogP contribution < -0.4 is 4.74 Å². The number of carbonyl (C=O) groups is 4. The molecule has 3 atom stereocenters. The topological polar surface area (TPSA) is 90.0 Å². The first kappa shape index (κ1) is 29.4. The van der Waals surface area contributed by atoms with Crippen molar-refractivity contribution in [1.82, 2.24) is 4.90 Å². The van der Waals surface area contributed by atoms with E-state index in [1.54, 1.807) is 38.3 Å². The van der Waals surface area contributed by atoms with Crippen LogP contribution in [0.25, 0.3) is 0 Å². The van der Waals surface area contributed by atoms with Gasteiger partial charge in [0.2, 0.25) is 17.6 Å². The fourth-order valence-electron chi connectivity index (χ4n) is 6.96. The molecule has 3 aromatic rings. The molecule has 222 valence electrons. The molecule has 9 heteroatoms. The predicted octanol–water partition coefficient (Wildman–Crippen LogP) is 5.96. The molecule has 0 radical (unpaired) electrons. The number of unbranched alkanes of at least 4 members (excludes halogenated alkanes) is 2. The number of methoxy groups -OCH3 is 1. The van der Waals surface area contributed by atoms with Crippen molar-refractivity contribution in [3.8, 4) is 5.75 Å². The minimum atomic E-state index is -1.19. The number of ketones is 1. The Labute approximate surface area is 260 Å². The summed E-state index contributed by atoms with van der Waals surface area (Å²) >= 11 is 14.9. The van der Waals surface area contributed by atoms with Crippen molar-refractivity contribution < 1.29 is 28.7 Å². The maximum Gasteiger partial charge on any atom is 0.306 e. The van der Waals surface area contributed by atoms with Gasteiger partial charge in [0.25, 0.3) is 0 Å². The summed E-state index contributed by atoms with van der Waals surface area (Å²) < 4.78 is 10.5. The van der Waals surface area contributed by atoms with E-state index < -0.39 is 33.7 Å². The van der Waals surface area contributed by atoms with E-state index in [4.69, 9.17) is 32.7 Å². The van der Waals surface area contributed by atoms with Crippen LogP contribution in [0, 0.1) is 11.8 Å². The minimum Gasteiger partial charge on any atom is -0.497 e. The fourth-order valence-corrected chi connectivity index (χ4v) is 8.06. The van der Waals surface area contributed by atoms with Gasteiger partial charge in [0.15, 0.2) is 6.10 Å². The second kappa shape index (κ2) is 11.1. The number of ether oxygens (including phenoxy) is 2. The van der Waals surface area contributed by atoms with Crippen molar-refractivity contribution >= 4 is 46.8 Å². The van der Waals surface area contributed by atoms with Gasteiger partial charge in [0.05, 0.1) is 18.9 Å². The normalized spacial score (nSPS) is 25.5. The van der Waals surface area contributed by atoms with Crippen molar-refractivity contribution in [2.75, 3.05) is 13.7 Å². The second-order valence-corrected chi connectivity index (χ2v) is 12.5. The number of carbonyl (C=O) groups excluding carboxylic acids is 4. The lowest BCUT2D eigenvalue weighted by atomic mass is 9.54. The summed E-state index contributed by atoms with van der Waals surface area (Å²) in [6.45, 7) is 1.75. The largest absolute Gasteiger partial charge is 0.497 e. The molecule has 2 bridgehead atoms. The summed E-state index contributed by atoms with van der Waals surface area (Å²) in [5.41, 5.74) is 3.51. The summed E-state index contributed by atoms with van der Waals surface area (Å²) in [4.78, 5) is 51.7. The van der Waals surface area contributed by atoms with E-state index in [9.17, 15) is 19.2 Å². The van der Waals surface area contributed by atoms with Crippen LogP contribution in [0.2, 0.25) is 0 Å². The molecule has 2 amide bonds. The van der Waals surface area contributed by atoms with Gasteiger partial charge in [0, 0.05) is 18.5 Å². The Morgan fingerprint density at radius 1 is 0.791 bits per heavy atom. The van der Waals surface area contributed by atoms with Gasteiger partial charge in [-0.15, -0.1) is 23.2 Å². The van der Waals surface area contributed by atoms with Crippen LogP contribution >= 0.6 is 23.2 Å². The Bertz CT molecular complexity index is 1500. The average molecular weight is 621 g/mol. The van der Waals surface area contributed by atoms with E-state index in [0.29, 0.717) is 30.6 Å². The molecule has 0 saturated carbocycles. The molecule has 4 aliphatic rings. The van der Waals surface area contributed by atoms with E-state index in [0.717, 1.165) is 22.3 Å². The summed E-state index contributed by atoms with van der Waals surface area (Å²) in [6.07, 6.45) is 0.781. The van der Waals surface area contributed by atoms with Crippen molar-refractivity contribution in [2.45, 2.75) is 48.5 Å². The highest BCUT2D eigenvalue weighted by Gasteiger charge is 2.72. The number of benzene rings is 3. The minimum absolute atomic E-state index is 0.119. The lowest BCUT2D eigenvalue weighted by Gasteiger charge is -2.54. The zero-order valence-corrected chi connectivity index (χ0v) is 25.4. The molecule has 0 aromatic heterocycles. The maximum absolute atomic E-state index is 13.9. The van der Waals surface area contributed by atoms with Crippen LogP contribution in [0.5, 0.6) is 5.75 Å².